The summed E-state index contributed by atoms with van der Waals surface area (Å²) in [6, 6.07) is 1.62. The van der Waals surface area contributed by atoms with E-state index in [-0.39, 0.29) is 24.2 Å². The van der Waals surface area contributed by atoms with Crippen molar-refractivity contribution < 1.29 is 17.7 Å². The van der Waals surface area contributed by atoms with Gasteiger partial charge in [0.2, 0.25) is 15.9 Å². The minimum absolute atomic E-state index is 0.0739. The van der Waals surface area contributed by atoms with Crippen LogP contribution in [0, 0.1) is 0 Å². The van der Waals surface area contributed by atoms with Crippen molar-refractivity contribution in [2.45, 2.75) is 25.6 Å². The van der Waals surface area contributed by atoms with Gasteiger partial charge in [-0.1, -0.05) is 5.16 Å². The SMILES string of the molecule is CN=C(NCC(=O)NC(C)C)N1CCN(S(=O)(=O)Cc2ccon2)CC1. The van der Waals surface area contributed by atoms with Crippen molar-refractivity contribution in [3.05, 3.63) is 18.0 Å². The van der Waals surface area contributed by atoms with Crippen molar-refractivity contribution in [3.63, 3.8) is 0 Å². The number of carbonyl (C=O) groups excluding carboxylic acids is 1. The summed E-state index contributed by atoms with van der Waals surface area (Å²) in [6.07, 6.45) is 1.36. The second-order valence-corrected chi connectivity index (χ2v) is 8.22. The molecule has 2 rings (SSSR count). The standard InChI is InChI=1S/C15H26N6O4S/c1-12(2)18-14(22)10-17-15(16-3)20-5-7-21(8-6-20)26(23,24)11-13-4-9-25-19-13/h4,9,12H,5-8,10-11H2,1-3H3,(H,16,17)(H,18,22). The Bertz CT molecular complexity index is 709. The van der Waals surface area contributed by atoms with Crippen LogP contribution in [0.15, 0.2) is 21.8 Å². The highest BCUT2D eigenvalue weighted by atomic mass is 32.2. The third-order valence-corrected chi connectivity index (χ3v) is 5.63. The normalized spacial score (nSPS) is 16.8. The largest absolute Gasteiger partial charge is 0.364 e. The number of nitrogens with one attached hydrogen (secondary N) is 2. The summed E-state index contributed by atoms with van der Waals surface area (Å²) in [5.74, 6) is 0.290. The fraction of sp³-hybridized carbons (Fsp3) is 0.667. The van der Waals surface area contributed by atoms with Crippen LogP contribution in [-0.4, -0.2) is 80.5 Å². The zero-order valence-corrected chi connectivity index (χ0v) is 16.1. The van der Waals surface area contributed by atoms with Crippen LogP contribution in [0.2, 0.25) is 0 Å². The number of aromatic nitrogens is 1. The Hall–Kier alpha value is -2.14. The lowest BCUT2D eigenvalue weighted by atomic mass is 10.3. The van der Waals surface area contributed by atoms with E-state index in [9.17, 15) is 13.2 Å². The Labute approximate surface area is 153 Å². The first kappa shape index (κ1) is 20.2. The summed E-state index contributed by atoms with van der Waals surface area (Å²) in [5.41, 5.74) is 0.390. The van der Waals surface area contributed by atoms with Gasteiger partial charge in [0.25, 0.3) is 0 Å². The van der Waals surface area contributed by atoms with Crippen molar-refractivity contribution in [3.8, 4) is 0 Å². The first-order chi connectivity index (χ1) is 12.3. The van der Waals surface area contributed by atoms with Crippen LogP contribution in [0.25, 0.3) is 0 Å². The summed E-state index contributed by atoms with van der Waals surface area (Å²) < 4.78 is 31.0. The Balaban J connectivity index is 1.85. The van der Waals surface area contributed by atoms with Crippen molar-refractivity contribution in [2.24, 2.45) is 4.99 Å². The maximum atomic E-state index is 12.4. The molecule has 1 aromatic heterocycles. The molecule has 0 atom stereocenters. The molecule has 0 spiro atoms. The van der Waals surface area contributed by atoms with Gasteiger partial charge in [-0.2, -0.15) is 4.31 Å². The van der Waals surface area contributed by atoms with Gasteiger partial charge in [-0.15, -0.1) is 0 Å². The second-order valence-electron chi connectivity index (χ2n) is 6.26. The topological polar surface area (TPSA) is 120 Å². The molecule has 0 aromatic carbocycles. The van der Waals surface area contributed by atoms with E-state index < -0.39 is 10.0 Å². The summed E-state index contributed by atoms with van der Waals surface area (Å²) in [4.78, 5) is 17.9. The summed E-state index contributed by atoms with van der Waals surface area (Å²) in [5, 5.41) is 9.46. The Kier molecular flexibility index (Phi) is 6.98. The van der Waals surface area contributed by atoms with Crippen LogP contribution >= 0.6 is 0 Å². The van der Waals surface area contributed by atoms with E-state index in [0.29, 0.717) is 37.8 Å². The molecule has 11 heteroatoms. The molecule has 1 fully saturated rings. The number of carbonyl (C=O) groups is 1. The summed E-state index contributed by atoms with van der Waals surface area (Å²) >= 11 is 0. The molecule has 1 aliphatic rings. The molecule has 146 valence electrons. The molecule has 26 heavy (non-hydrogen) atoms. The van der Waals surface area contributed by atoms with Gasteiger partial charge < -0.3 is 20.1 Å². The Morgan fingerprint density at radius 2 is 2.04 bits per heavy atom. The molecule has 1 aliphatic heterocycles. The van der Waals surface area contributed by atoms with E-state index in [0.717, 1.165) is 0 Å². The van der Waals surface area contributed by atoms with E-state index in [4.69, 9.17) is 0 Å². The molecule has 0 radical (unpaired) electrons. The van der Waals surface area contributed by atoms with Crippen molar-refractivity contribution >= 4 is 21.9 Å². The number of rotatable bonds is 6. The van der Waals surface area contributed by atoms with Crippen LogP contribution in [0.1, 0.15) is 19.5 Å². The van der Waals surface area contributed by atoms with E-state index in [2.05, 4.69) is 25.3 Å². The molecule has 0 saturated carbocycles. The average Bonchev–Trinajstić information content (AvgIpc) is 3.07. The first-order valence-electron chi connectivity index (χ1n) is 8.44. The lowest BCUT2D eigenvalue weighted by Crippen LogP contribution is -2.55. The fourth-order valence-corrected chi connectivity index (χ4v) is 4.06. The van der Waals surface area contributed by atoms with E-state index in [1.165, 1.54) is 10.6 Å². The number of sulfonamides is 1. The number of aliphatic imine (C=N–C) groups is 1. The van der Waals surface area contributed by atoms with E-state index >= 15 is 0 Å². The van der Waals surface area contributed by atoms with E-state index in [1.54, 1.807) is 13.1 Å². The number of hydrogen-bond donors (Lipinski definition) is 2. The minimum Gasteiger partial charge on any atom is -0.364 e. The molecule has 2 heterocycles. The number of hydrogen-bond acceptors (Lipinski definition) is 6. The summed E-state index contributed by atoms with van der Waals surface area (Å²) in [7, 11) is -1.81. The second kappa shape index (κ2) is 8.99. The maximum absolute atomic E-state index is 12.4. The zero-order chi connectivity index (χ0) is 19.2. The number of guanidine groups is 1. The Morgan fingerprint density at radius 1 is 1.35 bits per heavy atom. The van der Waals surface area contributed by atoms with Crippen molar-refractivity contribution in [1.82, 2.24) is 25.0 Å². The van der Waals surface area contributed by atoms with Crippen LogP contribution in [-0.2, 0) is 20.6 Å². The summed E-state index contributed by atoms with van der Waals surface area (Å²) in [6.45, 7) is 5.58. The number of nitrogens with zero attached hydrogens (tertiary/aromatic N) is 4. The monoisotopic (exact) mass is 386 g/mol. The zero-order valence-electron chi connectivity index (χ0n) is 15.3. The molecule has 2 N–H and O–H groups in total. The van der Waals surface area contributed by atoms with E-state index in [1.807, 2.05) is 18.7 Å². The molecule has 0 unspecified atom stereocenters. The smallest absolute Gasteiger partial charge is 0.239 e. The number of amides is 1. The quantitative estimate of drug-likeness (QED) is 0.486. The molecule has 0 bridgehead atoms. The first-order valence-corrected chi connectivity index (χ1v) is 10.0. The van der Waals surface area contributed by atoms with Crippen molar-refractivity contribution in [2.75, 3.05) is 39.8 Å². The molecule has 10 nitrogen and oxygen atoms in total. The van der Waals surface area contributed by atoms with Gasteiger partial charge in [-0.3, -0.25) is 9.79 Å². The molecule has 1 amide bonds. The van der Waals surface area contributed by atoms with Gasteiger partial charge in [0.15, 0.2) is 5.96 Å². The van der Waals surface area contributed by atoms with Gasteiger partial charge >= 0.3 is 0 Å². The average molecular weight is 386 g/mol. The van der Waals surface area contributed by atoms with Gasteiger partial charge in [-0.25, -0.2) is 8.42 Å². The van der Waals surface area contributed by atoms with Gasteiger partial charge in [0.05, 0.1) is 12.2 Å². The van der Waals surface area contributed by atoms with Gasteiger partial charge in [0, 0.05) is 45.3 Å². The molecular weight excluding hydrogens is 360 g/mol. The molecule has 1 saturated heterocycles. The van der Waals surface area contributed by atoms with Crippen molar-refractivity contribution in [1.29, 1.82) is 0 Å². The fourth-order valence-electron chi connectivity index (χ4n) is 2.63. The Morgan fingerprint density at radius 3 is 2.58 bits per heavy atom. The highest BCUT2D eigenvalue weighted by Crippen LogP contribution is 2.12. The van der Waals surface area contributed by atoms with Crippen LogP contribution < -0.4 is 10.6 Å². The number of piperazine rings is 1. The maximum Gasteiger partial charge on any atom is 0.239 e. The third-order valence-electron chi connectivity index (χ3n) is 3.82. The van der Waals surface area contributed by atoms with Gasteiger partial charge in [-0.05, 0) is 13.8 Å². The lowest BCUT2D eigenvalue weighted by molar-refractivity contribution is -0.120. The third kappa shape index (κ3) is 5.70. The predicted molar refractivity (Wildman–Crippen MR) is 96.9 cm³/mol. The van der Waals surface area contributed by atoms with Crippen LogP contribution in [0.4, 0.5) is 0 Å². The molecule has 0 aliphatic carbocycles. The predicted octanol–water partition coefficient (Wildman–Crippen LogP) is -0.778. The molecule has 1 aromatic rings. The highest BCUT2D eigenvalue weighted by Gasteiger charge is 2.29. The minimum atomic E-state index is -3.44. The molecular formula is C15H26N6O4S. The van der Waals surface area contributed by atoms with Crippen LogP contribution in [0.3, 0.4) is 0 Å². The highest BCUT2D eigenvalue weighted by molar-refractivity contribution is 7.88. The van der Waals surface area contributed by atoms with Gasteiger partial charge in [0.1, 0.15) is 12.0 Å². The lowest BCUT2D eigenvalue weighted by Gasteiger charge is -2.35. The van der Waals surface area contributed by atoms with Crippen LogP contribution in [0.5, 0.6) is 0 Å².